The summed E-state index contributed by atoms with van der Waals surface area (Å²) in [6.45, 7) is 12.0. The van der Waals surface area contributed by atoms with Gasteiger partial charge in [0.15, 0.2) is 0 Å². The molecule has 0 aliphatic carbocycles. The Hall–Kier alpha value is -5.86. The van der Waals surface area contributed by atoms with E-state index in [4.69, 9.17) is 0 Å². The lowest BCUT2D eigenvalue weighted by Crippen LogP contribution is -2.59. The molecule has 6 atom stereocenters. The smallest absolute Gasteiger partial charge is 0.321 e. The highest BCUT2D eigenvalue weighted by Crippen LogP contribution is 2.24. The van der Waals surface area contributed by atoms with E-state index in [-0.39, 0.29) is 48.8 Å². The maximum atomic E-state index is 14.6. The van der Waals surface area contributed by atoms with Crippen molar-refractivity contribution in [3.63, 3.8) is 0 Å². The van der Waals surface area contributed by atoms with E-state index in [1.54, 1.807) is 25.9 Å². The number of benzene rings is 2. The molecular weight excluding hydrogens is 771 g/mol. The van der Waals surface area contributed by atoms with Crippen molar-refractivity contribution in [1.29, 1.82) is 0 Å². The maximum Gasteiger partial charge on any atom is 0.321 e. The number of aryl methyl sites for hydroxylation is 1. The Labute approximate surface area is 359 Å². The van der Waals surface area contributed by atoms with E-state index < -0.39 is 24.2 Å². The van der Waals surface area contributed by atoms with Gasteiger partial charge in [0.05, 0.1) is 30.1 Å². The van der Waals surface area contributed by atoms with Gasteiger partial charge in [0.25, 0.3) is 5.91 Å². The molecule has 61 heavy (non-hydrogen) atoms. The summed E-state index contributed by atoms with van der Waals surface area (Å²) in [5, 5.41) is 19.9. The second-order valence-corrected chi connectivity index (χ2v) is 16.4. The summed E-state index contributed by atoms with van der Waals surface area (Å²) in [7, 11) is 0. The van der Waals surface area contributed by atoms with Crippen molar-refractivity contribution in [3.05, 3.63) is 120 Å². The second-order valence-electron chi connectivity index (χ2n) is 16.4. The summed E-state index contributed by atoms with van der Waals surface area (Å²) < 4.78 is 0. The number of hydrogen-bond donors (Lipinski definition) is 4. The van der Waals surface area contributed by atoms with Crippen LogP contribution in [0.1, 0.15) is 63.1 Å². The first-order chi connectivity index (χ1) is 29.4. The fraction of sp³-hybridized carbons (Fsp3) is 0.447. The van der Waals surface area contributed by atoms with Crippen LogP contribution in [0, 0.1) is 18.8 Å². The number of rotatable bonds is 20. The quantitative estimate of drug-likeness (QED) is 0.0888. The van der Waals surface area contributed by atoms with E-state index in [0.29, 0.717) is 52.0 Å². The first kappa shape index (κ1) is 44.7. The second kappa shape index (κ2) is 21.1. The van der Waals surface area contributed by atoms with Gasteiger partial charge in [-0.15, -0.1) is 0 Å². The van der Waals surface area contributed by atoms with Crippen molar-refractivity contribution < 1.29 is 24.3 Å². The largest absolute Gasteiger partial charge is 0.390 e. The molecule has 4 heterocycles. The molecular formula is C47H61N9O5. The molecule has 0 saturated carbocycles. The van der Waals surface area contributed by atoms with Crippen molar-refractivity contribution in [3.8, 4) is 11.3 Å². The molecule has 6 amide bonds. The van der Waals surface area contributed by atoms with E-state index in [1.165, 1.54) is 0 Å². The van der Waals surface area contributed by atoms with E-state index in [2.05, 4.69) is 26.0 Å². The number of carbonyl (C=O) groups is 4. The molecule has 2 aliphatic rings. The number of nitrogens with zero attached hydrogens (tertiary/aromatic N) is 6. The molecule has 2 aliphatic heterocycles. The predicted octanol–water partition coefficient (Wildman–Crippen LogP) is 5.17. The van der Waals surface area contributed by atoms with Gasteiger partial charge in [-0.3, -0.25) is 25.0 Å². The van der Waals surface area contributed by atoms with Gasteiger partial charge in [0.1, 0.15) is 12.1 Å². The lowest BCUT2D eigenvalue weighted by Gasteiger charge is -2.36. The lowest BCUT2D eigenvalue weighted by atomic mass is 9.95. The van der Waals surface area contributed by atoms with Crippen molar-refractivity contribution in [2.45, 2.75) is 91.2 Å². The number of nitrogens with one attached hydrogen (secondary N) is 3. The van der Waals surface area contributed by atoms with Crippen LogP contribution in [0.3, 0.4) is 0 Å². The number of aromatic nitrogens is 2. The summed E-state index contributed by atoms with van der Waals surface area (Å²) in [5.74, 6) is -1.04. The Balaban J connectivity index is 1.26. The fourth-order valence-electron chi connectivity index (χ4n) is 8.18. The van der Waals surface area contributed by atoms with E-state index in [1.807, 2.05) is 126 Å². The number of aliphatic hydroxyl groups is 1. The van der Waals surface area contributed by atoms with E-state index >= 15 is 0 Å². The highest BCUT2D eigenvalue weighted by molar-refractivity contribution is 5.89. The monoisotopic (exact) mass is 831 g/mol. The van der Waals surface area contributed by atoms with Crippen molar-refractivity contribution in [2.75, 3.05) is 32.7 Å². The minimum Gasteiger partial charge on any atom is -0.390 e. The van der Waals surface area contributed by atoms with Crippen LogP contribution in [-0.4, -0.2) is 116 Å². The molecule has 324 valence electrons. The molecule has 14 nitrogen and oxygen atoms in total. The Morgan fingerprint density at radius 1 is 0.820 bits per heavy atom. The van der Waals surface area contributed by atoms with Crippen LogP contribution in [0.2, 0.25) is 0 Å². The van der Waals surface area contributed by atoms with Crippen molar-refractivity contribution in [2.24, 2.45) is 11.8 Å². The maximum absolute atomic E-state index is 14.6. The Morgan fingerprint density at radius 2 is 1.52 bits per heavy atom. The van der Waals surface area contributed by atoms with Crippen LogP contribution < -0.4 is 16.1 Å². The Bertz CT molecular complexity index is 2070. The van der Waals surface area contributed by atoms with Crippen LogP contribution in [0.4, 0.5) is 9.59 Å². The molecule has 2 saturated heterocycles. The molecule has 4 aromatic rings. The third kappa shape index (κ3) is 11.5. The normalized spacial score (nSPS) is 17.1. The topological polar surface area (TPSA) is 163 Å². The SMILES string of the molecule is CC[C@H](C)[C@@H](C(=O)NN(Cc1ccc(-c2ccccn2)cc1)C[C@H](O)[C@H](Cc1ccccc1)NC(=O)[C@H]([C@@H](C)CC)N1CCN(Cc2cccc(C)n2)C1=O)N1CCNC1=O. The Morgan fingerprint density at radius 3 is 2.16 bits per heavy atom. The molecule has 0 spiro atoms. The van der Waals surface area contributed by atoms with Crippen LogP contribution in [0.15, 0.2) is 97.2 Å². The lowest BCUT2D eigenvalue weighted by molar-refractivity contribution is -0.134. The fourth-order valence-corrected chi connectivity index (χ4v) is 8.18. The zero-order valence-electron chi connectivity index (χ0n) is 36.0. The zero-order chi connectivity index (χ0) is 43.5. The van der Waals surface area contributed by atoms with Crippen LogP contribution in [0.5, 0.6) is 0 Å². The van der Waals surface area contributed by atoms with Gasteiger partial charge < -0.3 is 30.4 Å². The number of urea groups is 2. The summed E-state index contributed by atoms with van der Waals surface area (Å²) in [6, 6.07) is 26.1. The minimum atomic E-state index is -1.18. The summed E-state index contributed by atoms with van der Waals surface area (Å²) in [5.41, 5.74) is 8.26. The van der Waals surface area contributed by atoms with E-state index in [0.717, 1.165) is 33.8 Å². The summed E-state index contributed by atoms with van der Waals surface area (Å²) in [6.07, 6.45) is 2.18. The molecule has 2 aromatic carbocycles. The third-order valence-electron chi connectivity index (χ3n) is 11.9. The number of hydrogen-bond acceptors (Lipinski definition) is 8. The Kier molecular flexibility index (Phi) is 15.5. The average molecular weight is 832 g/mol. The average Bonchev–Trinajstić information content (AvgIpc) is 3.84. The molecule has 4 N–H and O–H groups in total. The van der Waals surface area contributed by atoms with Crippen LogP contribution in [0.25, 0.3) is 11.3 Å². The van der Waals surface area contributed by atoms with Gasteiger partial charge in [-0.25, -0.2) is 14.6 Å². The van der Waals surface area contributed by atoms with E-state index in [9.17, 15) is 24.3 Å². The summed E-state index contributed by atoms with van der Waals surface area (Å²) >= 11 is 0. The highest BCUT2D eigenvalue weighted by atomic mass is 16.3. The number of aliphatic hydroxyl groups excluding tert-OH is 1. The molecule has 2 aromatic heterocycles. The minimum absolute atomic E-state index is 0.0567. The first-order valence-corrected chi connectivity index (χ1v) is 21.6. The first-order valence-electron chi connectivity index (χ1n) is 21.6. The third-order valence-corrected chi connectivity index (χ3v) is 11.9. The molecule has 0 unspecified atom stereocenters. The van der Waals surface area contributed by atoms with Crippen molar-refractivity contribution >= 4 is 23.9 Å². The number of pyridine rings is 2. The molecule has 0 bridgehead atoms. The number of amides is 6. The van der Waals surface area contributed by atoms with Gasteiger partial charge in [-0.2, -0.15) is 0 Å². The summed E-state index contributed by atoms with van der Waals surface area (Å²) in [4.78, 5) is 69.7. The molecule has 2 fully saturated rings. The standard InChI is InChI=1S/C47H61N9O5/c1-6-32(3)42(56-27-26-53(47(56)61)30-38-17-13-14-34(5)50-38)44(58)51-40(28-35-15-9-8-10-16-35)41(57)31-54(29-36-19-21-37(22-20-36)39-18-11-12-23-48-39)52-45(59)43(33(4)7-2)55-25-24-49-46(55)60/h8-23,32-33,40-43,57H,6-7,24-31H2,1-5H3,(H,49,60)(H,51,58)(H,52,59)/t32-,33-,40-,41-,42-,43-/m0/s1. The van der Waals surface area contributed by atoms with Crippen LogP contribution >= 0.6 is 0 Å². The molecule has 0 radical (unpaired) electrons. The van der Waals surface area contributed by atoms with Crippen LogP contribution in [-0.2, 0) is 29.1 Å². The highest BCUT2D eigenvalue weighted by Gasteiger charge is 2.41. The number of carbonyl (C=O) groups excluding carboxylic acids is 4. The van der Waals surface area contributed by atoms with Gasteiger partial charge >= 0.3 is 12.1 Å². The predicted molar refractivity (Wildman–Crippen MR) is 234 cm³/mol. The van der Waals surface area contributed by atoms with Gasteiger partial charge in [0.2, 0.25) is 5.91 Å². The zero-order valence-corrected chi connectivity index (χ0v) is 36.0. The molecule has 14 heteroatoms. The number of hydrazine groups is 1. The molecule has 6 rings (SSSR count). The van der Waals surface area contributed by atoms with Gasteiger partial charge in [-0.05, 0) is 60.6 Å². The van der Waals surface area contributed by atoms with Gasteiger partial charge in [0, 0.05) is 56.7 Å². The van der Waals surface area contributed by atoms with Crippen molar-refractivity contribution in [1.82, 2.24) is 45.7 Å². The van der Waals surface area contributed by atoms with Gasteiger partial charge in [-0.1, -0.05) is 107 Å².